The van der Waals surface area contributed by atoms with E-state index in [-0.39, 0.29) is 11.5 Å². The summed E-state index contributed by atoms with van der Waals surface area (Å²) in [6.45, 7) is 0. The quantitative estimate of drug-likeness (QED) is 0.795. The molecule has 4 heteroatoms. The molecule has 0 spiro atoms. The van der Waals surface area contributed by atoms with Crippen molar-refractivity contribution in [3.05, 3.63) is 52.9 Å². The molecule has 2 aromatic rings. The molecule has 0 radical (unpaired) electrons. The average molecular weight is 254 g/mol. The van der Waals surface area contributed by atoms with Crippen LogP contribution in [0.1, 0.15) is 28.0 Å². The number of hydrogen-bond acceptors (Lipinski definition) is 3. The number of ketones is 1. The maximum atomic E-state index is 12.3. The van der Waals surface area contributed by atoms with Crippen LogP contribution in [-0.2, 0) is 13.5 Å². The van der Waals surface area contributed by atoms with Crippen LogP contribution in [0.2, 0.25) is 0 Å². The first-order valence-corrected chi connectivity index (χ1v) is 6.20. The second-order valence-corrected chi connectivity index (χ2v) is 4.72. The van der Waals surface area contributed by atoms with Crippen molar-refractivity contribution in [2.45, 2.75) is 12.8 Å². The highest BCUT2D eigenvalue weighted by Crippen LogP contribution is 2.26. The number of carbonyl (C=O) groups is 1. The van der Waals surface area contributed by atoms with Crippen molar-refractivity contribution in [2.75, 3.05) is 0 Å². The third-order valence-corrected chi connectivity index (χ3v) is 3.44. The number of rotatable bonds is 1. The van der Waals surface area contributed by atoms with Crippen LogP contribution in [0.25, 0.3) is 6.08 Å². The zero-order valence-electron chi connectivity index (χ0n) is 10.6. The lowest BCUT2D eigenvalue weighted by molar-refractivity contribution is 0.102. The normalized spacial score (nSPS) is 16.7. The Morgan fingerprint density at radius 3 is 3.00 bits per heavy atom. The molecular formula is C15H14N2O2. The van der Waals surface area contributed by atoms with Gasteiger partial charge >= 0.3 is 0 Å². The number of hydrogen-bond donors (Lipinski definition) is 1. The van der Waals surface area contributed by atoms with E-state index in [1.165, 1.54) is 0 Å². The number of carbonyl (C=O) groups excluding carboxylic acids is 1. The van der Waals surface area contributed by atoms with Crippen molar-refractivity contribution >= 4 is 11.9 Å². The largest absolute Gasteiger partial charge is 0.508 e. The van der Waals surface area contributed by atoms with Gasteiger partial charge in [0, 0.05) is 18.3 Å². The van der Waals surface area contributed by atoms with Crippen molar-refractivity contribution in [1.82, 2.24) is 9.78 Å². The lowest BCUT2D eigenvalue weighted by atomic mass is 9.90. The van der Waals surface area contributed by atoms with E-state index >= 15 is 0 Å². The first-order valence-electron chi connectivity index (χ1n) is 6.20. The number of phenols is 1. The van der Waals surface area contributed by atoms with Crippen LogP contribution in [0.4, 0.5) is 0 Å². The molecule has 1 aromatic heterocycles. The van der Waals surface area contributed by atoms with Crippen molar-refractivity contribution in [3.63, 3.8) is 0 Å². The Balaban J connectivity index is 1.98. The van der Waals surface area contributed by atoms with E-state index < -0.39 is 0 Å². The molecule has 1 heterocycles. The number of Topliss-reactive ketones (excluding diaryl/α,β-unsaturated/α-hetero) is 1. The number of aryl methyl sites for hydroxylation is 1. The van der Waals surface area contributed by atoms with Gasteiger partial charge in [-0.05, 0) is 36.6 Å². The topological polar surface area (TPSA) is 55.1 Å². The maximum absolute atomic E-state index is 12.3. The number of aromatic nitrogens is 2. The highest BCUT2D eigenvalue weighted by Gasteiger charge is 2.24. The molecule has 1 aliphatic carbocycles. The van der Waals surface area contributed by atoms with Crippen LogP contribution in [0.15, 0.2) is 36.0 Å². The predicted molar refractivity (Wildman–Crippen MR) is 71.9 cm³/mol. The van der Waals surface area contributed by atoms with Gasteiger partial charge in [-0.25, -0.2) is 0 Å². The summed E-state index contributed by atoms with van der Waals surface area (Å²) in [5.41, 5.74) is 3.31. The fraction of sp³-hybridized carbons (Fsp3) is 0.200. The Morgan fingerprint density at radius 1 is 1.37 bits per heavy atom. The maximum Gasteiger partial charge on any atom is 0.192 e. The molecule has 1 N–H and O–H groups in total. The Bertz CT molecular complexity index is 683. The zero-order chi connectivity index (χ0) is 13.4. The molecule has 0 fully saturated rings. The Labute approximate surface area is 111 Å². The molecule has 1 aliphatic rings. The molecule has 0 unspecified atom stereocenters. The smallest absolute Gasteiger partial charge is 0.192 e. The summed E-state index contributed by atoms with van der Waals surface area (Å²) in [6, 6.07) is 6.91. The highest BCUT2D eigenvalue weighted by atomic mass is 16.3. The number of benzene rings is 1. The lowest BCUT2D eigenvalue weighted by Crippen LogP contribution is -2.14. The minimum atomic E-state index is 0.0395. The van der Waals surface area contributed by atoms with Gasteiger partial charge in [-0.2, -0.15) is 5.10 Å². The molecule has 4 nitrogen and oxygen atoms in total. The van der Waals surface area contributed by atoms with Crippen LogP contribution < -0.4 is 0 Å². The third kappa shape index (κ3) is 2.05. The SMILES string of the molecule is Cn1ncc2c1CCC(=Cc1cccc(O)c1)C2=O. The van der Waals surface area contributed by atoms with Crippen LogP contribution in [0.5, 0.6) is 5.75 Å². The predicted octanol–water partition coefficient (Wildman–Crippen LogP) is 2.34. The summed E-state index contributed by atoms with van der Waals surface area (Å²) in [5.74, 6) is 0.248. The van der Waals surface area contributed by atoms with Gasteiger partial charge in [-0.15, -0.1) is 0 Å². The molecule has 0 bridgehead atoms. The second kappa shape index (κ2) is 4.39. The van der Waals surface area contributed by atoms with Gasteiger partial charge in [0.1, 0.15) is 5.75 Å². The Hall–Kier alpha value is -2.36. The van der Waals surface area contributed by atoms with Gasteiger partial charge < -0.3 is 5.11 Å². The molecule has 0 amide bonds. The van der Waals surface area contributed by atoms with Gasteiger partial charge in [-0.1, -0.05) is 12.1 Å². The van der Waals surface area contributed by atoms with Crippen molar-refractivity contribution in [3.8, 4) is 5.75 Å². The third-order valence-electron chi connectivity index (χ3n) is 3.44. The van der Waals surface area contributed by atoms with Gasteiger partial charge in [0.15, 0.2) is 5.78 Å². The summed E-state index contributed by atoms with van der Waals surface area (Å²) in [5, 5.41) is 13.6. The first-order chi connectivity index (χ1) is 9.15. The van der Waals surface area contributed by atoms with E-state index in [1.807, 2.05) is 19.2 Å². The second-order valence-electron chi connectivity index (χ2n) is 4.72. The highest BCUT2D eigenvalue weighted by molar-refractivity contribution is 6.12. The monoisotopic (exact) mass is 254 g/mol. The summed E-state index contributed by atoms with van der Waals surface area (Å²) in [4.78, 5) is 12.3. The van der Waals surface area contributed by atoms with E-state index in [1.54, 1.807) is 29.1 Å². The minimum absolute atomic E-state index is 0.0395. The van der Waals surface area contributed by atoms with Crippen LogP contribution in [0, 0.1) is 0 Å². The van der Waals surface area contributed by atoms with Gasteiger partial charge in [-0.3, -0.25) is 9.48 Å². The molecule has 0 aliphatic heterocycles. The summed E-state index contributed by atoms with van der Waals surface area (Å²) >= 11 is 0. The zero-order valence-corrected chi connectivity index (χ0v) is 10.6. The van der Waals surface area contributed by atoms with Crippen molar-refractivity contribution in [1.29, 1.82) is 0 Å². The molecule has 1 aromatic carbocycles. The number of nitrogens with zero attached hydrogens (tertiary/aromatic N) is 2. The van der Waals surface area contributed by atoms with E-state index in [0.717, 1.165) is 23.3 Å². The average Bonchev–Trinajstić information content (AvgIpc) is 2.76. The van der Waals surface area contributed by atoms with E-state index in [4.69, 9.17) is 0 Å². The molecule has 0 atom stereocenters. The van der Waals surface area contributed by atoms with Crippen LogP contribution in [0.3, 0.4) is 0 Å². The number of phenolic OH excluding ortho intramolecular Hbond substituents is 1. The fourth-order valence-corrected chi connectivity index (χ4v) is 2.44. The molecule has 19 heavy (non-hydrogen) atoms. The Kier molecular flexibility index (Phi) is 2.71. The Morgan fingerprint density at radius 2 is 2.21 bits per heavy atom. The van der Waals surface area contributed by atoms with Gasteiger partial charge in [0.05, 0.1) is 11.8 Å². The van der Waals surface area contributed by atoms with E-state index in [2.05, 4.69) is 5.10 Å². The summed E-state index contributed by atoms with van der Waals surface area (Å²) in [6.07, 6.45) is 5.01. The molecule has 96 valence electrons. The molecule has 0 saturated heterocycles. The van der Waals surface area contributed by atoms with Crippen molar-refractivity contribution < 1.29 is 9.90 Å². The number of allylic oxidation sites excluding steroid dienone is 1. The van der Waals surface area contributed by atoms with Gasteiger partial charge in [0.25, 0.3) is 0 Å². The first kappa shape index (κ1) is 11.7. The number of fused-ring (bicyclic) bond motifs is 1. The summed E-state index contributed by atoms with van der Waals surface area (Å²) in [7, 11) is 1.86. The molecular weight excluding hydrogens is 240 g/mol. The van der Waals surface area contributed by atoms with E-state index in [0.29, 0.717) is 12.0 Å². The minimum Gasteiger partial charge on any atom is -0.508 e. The van der Waals surface area contributed by atoms with Crippen molar-refractivity contribution in [2.24, 2.45) is 7.05 Å². The molecule has 0 saturated carbocycles. The molecule has 3 rings (SSSR count). The van der Waals surface area contributed by atoms with Crippen LogP contribution in [-0.4, -0.2) is 20.7 Å². The lowest BCUT2D eigenvalue weighted by Gasteiger charge is -2.14. The number of aromatic hydroxyl groups is 1. The van der Waals surface area contributed by atoms with Gasteiger partial charge in [0.2, 0.25) is 0 Å². The summed E-state index contributed by atoms with van der Waals surface area (Å²) < 4.78 is 1.76. The fourth-order valence-electron chi connectivity index (χ4n) is 2.44. The van der Waals surface area contributed by atoms with Crippen LogP contribution >= 0.6 is 0 Å². The van der Waals surface area contributed by atoms with E-state index in [9.17, 15) is 9.90 Å². The standard InChI is InChI=1S/C15H14N2O2/c1-17-14-6-5-11(15(19)13(14)9-16-17)7-10-3-2-4-12(18)8-10/h2-4,7-9,18H,5-6H2,1H3.